The Kier molecular flexibility index (Phi) is 4.31. The second-order valence-corrected chi connectivity index (χ2v) is 6.36. The molecule has 3 heteroatoms. The molecule has 0 radical (unpaired) electrons. The highest BCUT2D eigenvalue weighted by Gasteiger charge is 2.50. The van der Waals surface area contributed by atoms with E-state index in [9.17, 15) is 4.79 Å². The van der Waals surface area contributed by atoms with Crippen LogP contribution in [-0.4, -0.2) is 12.5 Å². The van der Waals surface area contributed by atoms with Crippen molar-refractivity contribution in [3.05, 3.63) is 70.2 Å². The van der Waals surface area contributed by atoms with Crippen LogP contribution >= 0.6 is 15.9 Å². The summed E-state index contributed by atoms with van der Waals surface area (Å²) in [6.07, 6.45) is 1.82. The van der Waals surface area contributed by atoms with Crippen molar-refractivity contribution in [2.75, 3.05) is 6.54 Å². The maximum absolute atomic E-state index is 12.4. The van der Waals surface area contributed by atoms with E-state index in [4.69, 9.17) is 0 Å². The Hall–Kier alpha value is -2.05. The van der Waals surface area contributed by atoms with Crippen molar-refractivity contribution in [2.45, 2.75) is 18.3 Å². The summed E-state index contributed by atoms with van der Waals surface area (Å²) < 4.78 is 1.03. The van der Waals surface area contributed by atoms with Gasteiger partial charge in [-0.3, -0.25) is 4.79 Å². The molecular weight excluding hydrogens is 338 g/mol. The van der Waals surface area contributed by atoms with Crippen LogP contribution in [0, 0.1) is 11.8 Å². The zero-order valence-corrected chi connectivity index (χ0v) is 13.7. The van der Waals surface area contributed by atoms with Gasteiger partial charge < -0.3 is 5.32 Å². The minimum absolute atomic E-state index is 0.0807. The highest BCUT2D eigenvalue weighted by atomic mass is 79.9. The summed E-state index contributed by atoms with van der Waals surface area (Å²) >= 11 is 3.42. The van der Waals surface area contributed by atoms with Crippen molar-refractivity contribution in [1.29, 1.82) is 0 Å². The molecule has 2 aromatic rings. The molecule has 22 heavy (non-hydrogen) atoms. The summed E-state index contributed by atoms with van der Waals surface area (Å²) in [5, 5.41) is 2.94. The van der Waals surface area contributed by atoms with Crippen LogP contribution < -0.4 is 5.32 Å². The zero-order valence-electron chi connectivity index (χ0n) is 12.1. The van der Waals surface area contributed by atoms with E-state index in [1.165, 1.54) is 0 Å². The van der Waals surface area contributed by atoms with Gasteiger partial charge in [0.25, 0.3) is 0 Å². The molecule has 0 aliphatic heterocycles. The highest BCUT2D eigenvalue weighted by molar-refractivity contribution is 9.10. The molecule has 0 aromatic heterocycles. The van der Waals surface area contributed by atoms with E-state index in [0.717, 1.165) is 28.4 Å². The van der Waals surface area contributed by atoms with Gasteiger partial charge in [0.05, 0.1) is 12.0 Å². The molecule has 0 unspecified atom stereocenters. The number of hydrogen-bond acceptors (Lipinski definition) is 1. The third-order valence-electron chi connectivity index (χ3n) is 3.93. The molecule has 0 spiro atoms. The van der Waals surface area contributed by atoms with E-state index in [2.05, 4.69) is 33.1 Å². The van der Waals surface area contributed by atoms with Crippen LogP contribution in [0.2, 0.25) is 0 Å². The van der Waals surface area contributed by atoms with Gasteiger partial charge in [-0.1, -0.05) is 58.1 Å². The molecule has 2 aromatic carbocycles. The number of rotatable bonds is 3. The number of halogens is 1. The molecule has 110 valence electrons. The first-order valence-electron chi connectivity index (χ1n) is 7.29. The largest absolute Gasteiger partial charge is 0.344 e. The summed E-state index contributed by atoms with van der Waals surface area (Å²) in [7, 11) is 0. The van der Waals surface area contributed by atoms with Gasteiger partial charge in [0, 0.05) is 10.0 Å². The van der Waals surface area contributed by atoms with Gasteiger partial charge in [0.15, 0.2) is 0 Å². The van der Waals surface area contributed by atoms with E-state index in [-0.39, 0.29) is 11.3 Å². The average molecular weight is 354 g/mol. The maximum atomic E-state index is 12.4. The molecule has 0 heterocycles. The number of hydrogen-bond donors (Lipinski definition) is 1. The number of amides is 1. The average Bonchev–Trinajstić information content (AvgIpc) is 3.35. The van der Waals surface area contributed by atoms with Crippen LogP contribution in [-0.2, 0) is 10.2 Å². The minimum atomic E-state index is -0.338. The Morgan fingerprint density at radius 3 is 2.41 bits per heavy atom. The normalized spacial score (nSPS) is 14.6. The molecule has 1 N–H and O–H groups in total. The van der Waals surface area contributed by atoms with E-state index < -0.39 is 0 Å². The summed E-state index contributed by atoms with van der Waals surface area (Å²) in [5.74, 6) is 6.13. The third kappa shape index (κ3) is 3.23. The molecule has 1 fully saturated rings. The first-order chi connectivity index (χ1) is 10.7. The number of benzene rings is 2. The molecule has 1 saturated carbocycles. The smallest absolute Gasteiger partial charge is 0.231 e. The Morgan fingerprint density at radius 1 is 1.09 bits per heavy atom. The number of nitrogens with one attached hydrogen (secondary N) is 1. The first-order valence-corrected chi connectivity index (χ1v) is 8.08. The third-order valence-corrected chi connectivity index (χ3v) is 4.45. The van der Waals surface area contributed by atoms with Gasteiger partial charge >= 0.3 is 0 Å². The van der Waals surface area contributed by atoms with E-state index in [1.807, 2.05) is 54.6 Å². The van der Waals surface area contributed by atoms with E-state index in [1.54, 1.807) is 0 Å². The van der Waals surface area contributed by atoms with Gasteiger partial charge in [0.1, 0.15) is 0 Å². The molecule has 2 nitrogen and oxygen atoms in total. The molecular formula is C19H16BrNO. The Balaban J connectivity index is 1.61. The monoisotopic (exact) mass is 353 g/mol. The second kappa shape index (κ2) is 6.37. The van der Waals surface area contributed by atoms with Crippen LogP contribution in [0.4, 0.5) is 0 Å². The fourth-order valence-corrected chi connectivity index (χ4v) is 2.77. The van der Waals surface area contributed by atoms with Gasteiger partial charge in [-0.25, -0.2) is 0 Å². The van der Waals surface area contributed by atoms with Crippen LogP contribution in [0.25, 0.3) is 0 Å². The lowest BCUT2D eigenvalue weighted by molar-refractivity contribution is -0.123. The standard InChI is InChI=1S/C19H16BrNO/c20-17-10-8-16(9-11-17)19(12-13-19)18(22)21-14-4-7-15-5-2-1-3-6-15/h1-3,5-6,8-11H,12-14H2,(H,21,22). The number of carbonyl (C=O) groups excluding carboxylic acids is 1. The molecule has 3 rings (SSSR count). The van der Waals surface area contributed by atoms with Gasteiger partial charge in [-0.2, -0.15) is 0 Å². The van der Waals surface area contributed by atoms with Crippen molar-refractivity contribution >= 4 is 21.8 Å². The van der Waals surface area contributed by atoms with Gasteiger partial charge in [-0.15, -0.1) is 0 Å². The van der Waals surface area contributed by atoms with Crippen LogP contribution in [0.15, 0.2) is 59.1 Å². The lowest BCUT2D eigenvalue weighted by Crippen LogP contribution is -2.34. The summed E-state index contributed by atoms with van der Waals surface area (Å²) in [6, 6.07) is 17.8. The van der Waals surface area contributed by atoms with Crippen molar-refractivity contribution in [2.24, 2.45) is 0 Å². The summed E-state index contributed by atoms with van der Waals surface area (Å²) in [5.41, 5.74) is 1.71. The van der Waals surface area contributed by atoms with Crippen LogP contribution in [0.3, 0.4) is 0 Å². The quantitative estimate of drug-likeness (QED) is 0.838. The predicted molar refractivity (Wildman–Crippen MR) is 91.4 cm³/mol. The van der Waals surface area contributed by atoms with Gasteiger partial charge in [-0.05, 0) is 42.7 Å². The molecule has 0 saturated heterocycles. The lowest BCUT2D eigenvalue weighted by Gasteiger charge is -2.14. The van der Waals surface area contributed by atoms with Crippen LogP contribution in [0.1, 0.15) is 24.0 Å². The van der Waals surface area contributed by atoms with Crippen molar-refractivity contribution in [3.63, 3.8) is 0 Å². The molecule has 1 aliphatic rings. The van der Waals surface area contributed by atoms with Crippen LogP contribution in [0.5, 0.6) is 0 Å². The van der Waals surface area contributed by atoms with Crippen molar-refractivity contribution in [3.8, 4) is 11.8 Å². The maximum Gasteiger partial charge on any atom is 0.231 e. The predicted octanol–water partition coefficient (Wildman–Crippen LogP) is 3.65. The first kappa shape index (κ1) is 14.9. The topological polar surface area (TPSA) is 29.1 Å². The second-order valence-electron chi connectivity index (χ2n) is 5.44. The molecule has 1 aliphatic carbocycles. The zero-order chi connectivity index (χ0) is 15.4. The summed E-state index contributed by atoms with van der Waals surface area (Å²) in [4.78, 5) is 12.4. The van der Waals surface area contributed by atoms with E-state index in [0.29, 0.717) is 6.54 Å². The Bertz CT molecular complexity index is 722. The fraction of sp³-hybridized carbons (Fsp3) is 0.211. The minimum Gasteiger partial charge on any atom is -0.344 e. The Morgan fingerprint density at radius 2 is 1.77 bits per heavy atom. The molecule has 0 atom stereocenters. The number of carbonyl (C=O) groups is 1. The van der Waals surface area contributed by atoms with Crippen molar-refractivity contribution in [1.82, 2.24) is 5.32 Å². The van der Waals surface area contributed by atoms with Crippen molar-refractivity contribution < 1.29 is 4.79 Å². The highest BCUT2D eigenvalue weighted by Crippen LogP contribution is 2.48. The molecule has 0 bridgehead atoms. The lowest BCUT2D eigenvalue weighted by atomic mass is 9.95. The van der Waals surface area contributed by atoms with E-state index >= 15 is 0 Å². The molecule has 1 amide bonds. The fourth-order valence-electron chi connectivity index (χ4n) is 2.50. The summed E-state index contributed by atoms with van der Waals surface area (Å²) in [6.45, 7) is 0.381. The van der Waals surface area contributed by atoms with Gasteiger partial charge in [0.2, 0.25) is 5.91 Å². The SMILES string of the molecule is O=C(NCC#Cc1ccccc1)C1(c2ccc(Br)cc2)CC1. The Labute approximate surface area is 139 Å².